The van der Waals surface area contributed by atoms with Crippen LogP contribution in [0, 0.1) is 11.6 Å². The summed E-state index contributed by atoms with van der Waals surface area (Å²) in [7, 11) is 0. The summed E-state index contributed by atoms with van der Waals surface area (Å²) in [6, 6.07) is 12.2. The quantitative estimate of drug-likeness (QED) is 0.401. The molecule has 0 saturated heterocycles. The zero-order valence-corrected chi connectivity index (χ0v) is 12.2. The smallest absolute Gasteiger partial charge is 0.165 e. The van der Waals surface area contributed by atoms with Crippen LogP contribution in [0.25, 0.3) is 32.9 Å². The molecule has 0 bridgehead atoms. The van der Waals surface area contributed by atoms with Gasteiger partial charge in [0.05, 0.1) is 16.6 Å². The van der Waals surface area contributed by atoms with Crippen molar-refractivity contribution in [1.82, 2.24) is 4.98 Å². The number of nitrogens with zero attached hydrogens (tertiary/aromatic N) is 1. The highest BCUT2D eigenvalue weighted by Crippen LogP contribution is 2.47. The lowest BCUT2D eigenvalue weighted by Crippen LogP contribution is -2.00. The van der Waals surface area contributed by atoms with Crippen molar-refractivity contribution in [3.05, 3.63) is 60.2 Å². The summed E-state index contributed by atoms with van der Waals surface area (Å²) in [5, 5.41) is 11.7. The molecule has 0 unspecified atom stereocenters. The molecule has 1 aliphatic heterocycles. The van der Waals surface area contributed by atoms with Gasteiger partial charge in [0.25, 0.3) is 0 Å². The lowest BCUT2D eigenvalue weighted by Gasteiger charge is -2.21. The van der Waals surface area contributed by atoms with Crippen LogP contribution in [0.2, 0.25) is 0 Å². The number of pyridine rings is 1. The summed E-state index contributed by atoms with van der Waals surface area (Å²) in [6.45, 7) is 0. The number of phenolic OH excluding ortho intramolecular Hbond substituents is 1. The first kappa shape index (κ1) is 13.2. The zero-order chi connectivity index (χ0) is 16.4. The monoisotopic (exact) mass is 321 g/mol. The molecular formula is C19H9F2NO2. The Morgan fingerprint density at radius 1 is 0.917 bits per heavy atom. The first-order chi connectivity index (χ1) is 11.6. The van der Waals surface area contributed by atoms with Gasteiger partial charge < -0.3 is 9.84 Å². The second-order valence-corrected chi connectivity index (χ2v) is 5.70. The van der Waals surface area contributed by atoms with E-state index in [1.807, 2.05) is 6.07 Å². The Balaban J connectivity index is 2.02. The summed E-state index contributed by atoms with van der Waals surface area (Å²) in [5.41, 5.74) is 1.52. The minimum atomic E-state index is -0.715. The Labute approximate surface area is 134 Å². The molecule has 0 spiro atoms. The van der Waals surface area contributed by atoms with E-state index in [1.54, 1.807) is 18.2 Å². The first-order valence-corrected chi connectivity index (χ1v) is 7.34. The summed E-state index contributed by atoms with van der Waals surface area (Å²) in [4.78, 5) is 4.54. The van der Waals surface area contributed by atoms with Crippen LogP contribution in [0.15, 0.2) is 48.5 Å². The molecule has 2 heterocycles. The second kappa shape index (κ2) is 4.41. The van der Waals surface area contributed by atoms with Crippen LogP contribution in [0.4, 0.5) is 8.78 Å². The minimum Gasteiger partial charge on any atom is -0.505 e. The van der Waals surface area contributed by atoms with Gasteiger partial charge in [-0.2, -0.15) is 0 Å². The molecule has 0 radical (unpaired) electrons. The highest BCUT2D eigenvalue weighted by Gasteiger charge is 2.23. The maximum atomic E-state index is 13.8. The third kappa shape index (κ3) is 1.66. The van der Waals surface area contributed by atoms with Crippen LogP contribution >= 0.6 is 0 Å². The fourth-order valence-corrected chi connectivity index (χ4v) is 3.21. The third-order valence-electron chi connectivity index (χ3n) is 4.27. The molecule has 0 aliphatic carbocycles. The van der Waals surface area contributed by atoms with Crippen molar-refractivity contribution in [3.63, 3.8) is 0 Å². The van der Waals surface area contributed by atoms with Gasteiger partial charge in [0, 0.05) is 17.0 Å². The number of hydrogen-bond acceptors (Lipinski definition) is 3. The molecule has 5 heteroatoms. The van der Waals surface area contributed by atoms with Gasteiger partial charge in [-0.25, -0.2) is 13.8 Å². The molecule has 1 aromatic heterocycles. The Hall–Kier alpha value is -3.21. The molecule has 0 fully saturated rings. The molecule has 1 aliphatic rings. The van der Waals surface area contributed by atoms with Gasteiger partial charge in [-0.05, 0) is 35.7 Å². The van der Waals surface area contributed by atoms with Crippen LogP contribution in [-0.4, -0.2) is 10.1 Å². The average molecular weight is 321 g/mol. The van der Waals surface area contributed by atoms with E-state index in [-0.39, 0.29) is 0 Å². The molecule has 0 saturated carbocycles. The Kier molecular flexibility index (Phi) is 2.44. The Morgan fingerprint density at radius 3 is 2.67 bits per heavy atom. The number of ether oxygens (including phenoxy) is 1. The number of rotatable bonds is 0. The van der Waals surface area contributed by atoms with Crippen LogP contribution in [0.5, 0.6) is 17.2 Å². The fraction of sp³-hybridized carbons (Fsp3) is 0. The number of halogens is 2. The van der Waals surface area contributed by atoms with E-state index < -0.39 is 17.4 Å². The summed E-state index contributed by atoms with van der Waals surface area (Å²) >= 11 is 0. The SMILES string of the molecule is Oc1cc2nc3c4c(cccc4c2cc1F)Oc1ccc(F)cc1-3. The lowest BCUT2D eigenvalue weighted by molar-refractivity contribution is 0.433. The Bertz CT molecular complexity index is 1170. The van der Waals surface area contributed by atoms with Gasteiger partial charge in [0.2, 0.25) is 0 Å². The predicted octanol–water partition coefficient (Wildman–Crippen LogP) is 5.14. The van der Waals surface area contributed by atoms with Crippen LogP contribution in [-0.2, 0) is 0 Å². The molecule has 5 rings (SSSR count). The number of benzene rings is 3. The standard InChI is InChI=1S/C19H9F2NO2/c20-9-4-5-16-12(6-9)19-18-10(2-1-3-17(18)24-16)11-7-13(21)15(23)8-14(11)22-19/h1-8,23H. The lowest BCUT2D eigenvalue weighted by atomic mass is 9.96. The van der Waals surface area contributed by atoms with Gasteiger partial charge in [-0.3, -0.25) is 0 Å². The normalized spacial score (nSPS) is 12.2. The van der Waals surface area contributed by atoms with E-state index >= 15 is 0 Å². The van der Waals surface area contributed by atoms with Crippen molar-refractivity contribution in [1.29, 1.82) is 0 Å². The Morgan fingerprint density at radius 2 is 1.79 bits per heavy atom. The van der Waals surface area contributed by atoms with E-state index in [0.29, 0.717) is 39.0 Å². The average Bonchev–Trinajstić information content (AvgIpc) is 2.57. The van der Waals surface area contributed by atoms with E-state index in [0.717, 1.165) is 5.39 Å². The zero-order valence-electron chi connectivity index (χ0n) is 12.2. The molecule has 3 nitrogen and oxygen atoms in total. The van der Waals surface area contributed by atoms with E-state index in [2.05, 4.69) is 4.98 Å². The second-order valence-electron chi connectivity index (χ2n) is 5.70. The molecule has 116 valence electrons. The third-order valence-corrected chi connectivity index (χ3v) is 4.27. The van der Waals surface area contributed by atoms with Crippen molar-refractivity contribution in [3.8, 4) is 28.5 Å². The molecular weight excluding hydrogens is 312 g/mol. The molecule has 3 aromatic carbocycles. The van der Waals surface area contributed by atoms with Crippen LogP contribution in [0.3, 0.4) is 0 Å². The van der Waals surface area contributed by atoms with Crippen LogP contribution in [0.1, 0.15) is 0 Å². The van der Waals surface area contributed by atoms with Crippen LogP contribution < -0.4 is 4.74 Å². The van der Waals surface area contributed by atoms with Crippen molar-refractivity contribution >= 4 is 21.7 Å². The van der Waals surface area contributed by atoms with Gasteiger partial charge in [-0.1, -0.05) is 12.1 Å². The van der Waals surface area contributed by atoms with Gasteiger partial charge in [0.1, 0.15) is 17.3 Å². The molecule has 0 amide bonds. The van der Waals surface area contributed by atoms with Crippen molar-refractivity contribution in [2.45, 2.75) is 0 Å². The summed E-state index contributed by atoms with van der Waals surface area (Å²) < 4.78 is 33.4. The van der Waals surface area contributed by atoms with E-state index in [9.17, 15) is 13.9 Å². The minimum absolute atomic E-state index is 0.395. The van der Waals surface area contributed by atoms with E-state index in [1.165, 1.54) is 24.3 Å². The maximum Gasteiger partial charge on any atom is 0.165 e. The summed E-state index contributed by atoms with van der Waals surface area (Å²) in [6.07, 6.45) is 0. The highest BCUT2D eigenvalue weighted by molar-refractivity contribution is 6.14. The first-order valence-electron chi connectivity index (χ1n) is 7.34. The number of aromatic nitrogens is 1. The van der Waals surface area contributed by atoms with Gasteiger partial charge >= 0.3 is 0 Å². The molecule has 0 atom stereocenters. The van der Waals surface area contributed by atoms with Crippen molar-refractivity contribution in [2.75, 3.05) is 0 Å². The largest absolute Gasteiger partial charge is 0.505 e. The number of fused-ring (bicyclic) bond motifs is 4. The highest BCUT2D eigenvalue weighted by atomic mass is 19.1. The molecule has 24 heavy (non-hydrogen) atoms. The molecule has 1 N–H and O–H groups in total. The van der Waals surface area contributed by atoms with Crippen molar-refractivity contribution in [2.24, 2.45) is 0 Å². The summed E-state index contributed by atoms with van der Waals surface area (Å²) in [5.74, 6) is -0.481. The van der Waals surface area contributed by atoms with Gasteiger partial charge in [0.15, 0.2) is 11.6 Å². The number of aromatic hydroxyl groups is 1. The molecule has 4 aromatic rings. The number of hydrogen-bond donors (Lipinski definition) is 1. The maximum absolute atomic E-state index is 13.8. The predicted molar refractivity (Wildman–Crippen MR) is 86.3 cm³/mol. The van der Waals surface area contributed by atoms with Crippen molar-refractivity contribution < 1.29 is 18.6 Å². The van der Waals surface area contributed by atoms with Gasteiger partial charge in [-0.15, -0.1) is 0 Å². The topological polar surface area (TPSA) is 42.4 Å². The fourth-order valence-electron chi connectivity index (χ4n) is 3.21. The number of phenols is 1. The van der Waals surface area contributed by atoms with E-state index in [4.69, 9.17) is 4.74 Å².